The molecule has 0 radical (unpaired) electrons. The van der Waals surface area contributed by atoms with E-state index in [-0.39, 0.29) is 18.5 Å². The zero-order chi connectivity index (χ0) is 19.5. The Hall–Kier alpha value is -1.29. The number of esters is 2. The van der Waals surface area contributed by atoms with Crippen molar-refractivity contribution < 1.29 is 40.8 Å². The summed E-state index contributed by atoms with van der Waals surface area (Å²) in [4.78, 5) is 22.3. The molecule has 0 aromatic rings. The molecule has 148 valence electrons. The Morgan fingerprint density at radius 3 is 1.88 bits per heavy atom. The molecule has 0 saturated carbocycles. The maximum Gasteiger partial charge on any atom is 0.465 e. The van der Waals surface area contributed by atoms with Crippen LogP contribution in [0.4, 0.5) is 8.78 Å². The summed E-state index contributed by atoms with van der Waals surface area (Å²) in [5, 5.41) is -4.94. The average Bonchev–Trinajstić information content (AvgIpc) is 2.53. The second kappa shape index (κ2) is 11.3. The van der Waals surface area contributed by atoms with Crippen LogP contribution in [0.25, 0.3) is 0 Å². The Bertz CT molecular complexity index is 520. The van der Waals surface area contributed by atoms with Gasteiger partial charge in [0.2, 0.25) is 0 Å². The van der Waals surface area contributed by atoms with Crippen LogP contribution in [0.1, 0.15) is 58.8 Å². The van der Waals surface area contributed by atoms with Gasteiger partial charge in [-0.1, -0.05) is 39.5 Å². The summed E-state index contributed by atoms with van der Waals surface area (Å²) < 4.78 is 63.8. The lowest BCUT2D eigenvalue weighted by atomic mass is 10.1. The lowest BCUT2D eigenvalue weighted by Gasteiger charge is -2.11. The Labute approximate surface area is 146 Å². The highest BCUT2D eigenvalue weighted by Gasteiger charge is 2.54. The molecule has 1 atom stereocenters. The molecule has 0 bridgehead atoms. The molecule has 7 nitrogen and oxygen atoms in total. The third-order valence-electron chi connectivity index (χ3n) is 3.59. The molecule has 1 unspecified atom stereocenters. The van der Waals surface area contributed by atoms with Crippen LogP contribution in [0.2, 0.25) is 0 Å². The number of halogens is 2. The van der Waals surface area contributed by atoms with Crippen molar-refractivity contribution in [1.82, 2.24) is 0 Å². The number of unbranched alkanes of at least 4 members (excludes halogenated alkanes) is 5. The number of carbonyl (C=O) groups is 2. The van der Waals surface area contributed by atoms with E-state index in [1.807, 2.05) is 6.92 Å². The van der Waals surface area contributed by atoms with Gasteiger partial charge >= 0.3 is 27.3 Å². The van der Waals surface area contributed by atoms with Crippen molar-refractivity contribution >= 4 is 22.1 Å². The van der Waals surface area contributed by atoms with Crippen LogP contribution in [0.15, 0.2) is 0 Å². The molecule has 1 N–H and O–H groups in total. The lowest BCUT2D eigenvalue weighted by Crippen LogP contribution is -2.39. The van der Waals surface area contributed by atoms with Crippen LogP contribution in [-0.4, -0.2) is 43.4 Å². The molecule has 0 aliphatic heterocycles. The molecule has 10 heteroatoms. The van der Waals surface area contributed by atoms with Crippen molar-refractivity contribution in [1.29, 1.82) is 0 Å². The Morgan fingerprint density at radius 1 is 1.00 bits per heavy atom. The number of hydrogen-bond donors (Lipinski definition) is 1. The van der Waals surface area contributed by atoms with E-state index in [2.05, 4.69) is 4.74 Å². The topological polar surface area (TPSA) is 107 Å². The van der Waals surface area contributed by atoms with Gasteiger partial charge in [0, 0.05) is 0 Å². The van der Waals surface area contributed by atoms with E-state index >= 15 is 0 Å². The summed E-state index contributed by atoms with van der Waals surface area (Å²) in [5.41, 5.74) is 0. The molecule has 0 spiro atoms. The minimum absolute atomic E-state index is 0.101. The second-order valence-corrected chi connectivity index (χ2v) is 7.19. The van der Waals surface area contributed by atoms with Gasteiger partial charge in [-0.05, 0) is 19.3 Å². The summed E-state index contributed by atoms with van der Waals surface area (Å²) in [6.45, 7) is 3.73. The van der Waals surface area contributed by atoms with Gasteiger partial charge in [-0.25, -0.2) is 4.79 Å². The van der Waals surface area contributed by atoms with Gasteiger partial charge in [-0.2, -0.15) is 17.2 Å². The van der Waals surface area contributed by atoms with Gasteiger partial charge < -0.3 is 9.47 Å². The predicted octanol–water partition coefficient (Wildman–Crippen LogP) is 2.94. The summed E-state index contributed by atoms with van der Waals surface area (Å²) in [6, 6.07) is 0. The fourth-order valence-corrected chi connectivity index (χ4v) is 2.02. The SMILES string of the molecule is CCC(C)C(=O)OCCCCCCCCOC(=O)C(F)(F)S(=O)(=O)O. The average molecular weight is 388 g/mol. The molecule has 0 saturated heterocycles. The fourth-order valence-electron chi connectivity index (χ4n) is 1.75. The van der Waals surface area contributed by atoms with E-state index in [0.29, 0.717) is 19.4 Å². The maximum atomic E-state index is 12.9. The first-order chi connectivity index (χ1) is 11.5. The molecule has 0 heterocycles. The molecular formula is C15H26F2O7S. The summed E-state index contributed by atoms with van der Waals surface area (Å²) >= 11 is 0. The third-order valence-corrected chi connectivity index (χ3v) is 4.41. The van der Waals surface area contributed by atoms with E-state index in [4.69, 9.17) is 9.29 Å². The van der Waals surface area contributed by atoms with Crippen LogP contribution in [0, 0.1) is 5.92 Å². The van der Waals surface area contributed by atoms with Gasteiger partial charge in [0.15, 0.2) is 0 Å². The number of alkyl halides is 2. The van der Waals surface area contributed by atoms with Gasteiger partial charge in [-0.15, -0.1) is 0 Å². The second-order valence-electron chi connectivity index (χ2n) is 5.73. The van der Waals surface area contributed by atoms with Crippen LogP contribution in [0.5, 0.6) is 0 Å². The Morgan fingerprint density at radius 2 is 1.44 bits per heavy atom. The van der Waals surface area contributed by atoms with E-state index < -0.39 is 21.3 Å². The highest BCUT2D eigenvalue weighted by atomic mass is 32.2. The van der Waals surface area contributed by atoms with Crippen molar-refractivity contribution in [3.05, 3.63) is 0 Å². The number of carbonyl (C=O) groups excluding carboxylic acids is 2. The molecular weight excluding hydrogens is 362 g/mol. The van der Waals surface area contributed by atoms with Crippen molar-refractivity contribution in [2.75, 3.05) is 13.2 Å². The molecule has 0 aromatic carbocycles. The number of rotatable bonds is 13. The summed E-state index contributed by atoms with van der Waals surface area (Å²) in [7, 11) is -5.82. The highest BCUT2D eigenvalue weighted by molar-refractivity contribution is 7.87. The van der Waals surface area contributed by atoms with Gasteiger partial charge in [0.05, 0.1) is 19.1 Å². The van der Waals surface area contributed by atoms with Crippen molar-refractivity contribution in [3.8, 4) is 0 Å². The van der Waals surface area contributed by atoms with E-state index in [9.17, 15) is 26.8 Å². The van der Waals surface area contributed by atoms with Crippen LogP contribution in [0.3, 0.4) is 0 Å². The van der Waals surface area contributed by atoms with E-state index in [1.165, 1.54) is 0 Å². The van der Waals surface area contributed by atoms with Crippen LogP contribution in [-0.2, 0) is 29.2 Å². The minimum atomic E-state index is -5.82. The van der Waals surface area contributed by atoms with Gasteiger partial charge in [0.1, 0.15) is 0 Å². The maximum absolute atomic E-state index is 12.9. The third kappa shape index (κ3) is 9.10. The van der Waals surface area contributed by atoms with Crippen molar-refractivity contribution in [3.63, 3.8) is 0 Å². The first kappa shape index (κ1) is 23.7. The molecule has 0 rings (SSSR count). The summed E-state index contributed by atoms with van der Waals surface area (Å²) in [6.07, 6.45) is 4.83. The van der Waals surface area contributed by atoms with Crippen LogP contribution >= 0.6 is 0 Å². The van der Waals surface area contributed by atoms with Gasteiger partial charge in [-0.3, -0.25) is 9.35 Å². The number of ether oxygens (including phenoxy) is 2. The lowest BCUT2D eigenvalue weighted by molar-refractivity contribution is -0.161. The minimum Gasteiger partial charge on any atom is -0.465 e. The molecule has 0 aromatic heterocycles. The predicted molar refractivity (Wildman–Crippen MR) is 85.6 cm³/mol. The molecule has 0 aliphatic carbocycles. The molecule has 0 fully saturated rings. The Balaban J connectivity index is 3.63. The van der Waals surface area contributed by atoms with E-state index in [1.54, 1.807) is 6.92 Å². The fraction of sp³-hybridized carbons (Fsp3) is 0.867. The van der Waals surface area contributed by atoms with Crippen LogP contribution < -0.4 is 0 Å². The normalized spacial score (nSPS) is 13.3. The molecule has 0 amide bonds. The van der Waals surface area contributed by atoms with Gasteiger partial charge in [0.25, 0.3) is 0 Å². The molecule has 0 aliphatic rings. The quantitative estimate of drug-likeness (QED) is 0.294. The Kier molecular flexibility index (Phi) is 10.8. The van der Waals surface area contributed by atoms with Crippen molar-refractivity contribution in [2.24, 2.45) is 5.92 Å². The first-order valence-corrected chi connectivity index (χ1v) is 9.66. The van der Waals surface area contributed by atoms with E-state index in [0.717, 1.165) is 32.1 Å². The smallest absolute Gasteiger partial charge is 0.465 e. The highest BCUT2D eigenvalue weighted by Crippen LogP contribution is 2.22. The largest absolute Gasteiger partial charge is 0.465 e. The standard InChI is InChI=1S/C15H26F2O7S/c1-3-12(2)13(18)23-10-8-6-4-5-7-9-11-24-14(19)15(16,17)25(20,21)22/h12H,3-11H2,1-2H3,(H,20,21,22). The zero-order valence-corrected chi connectivity index (χ0v) is 15.3. The first-order valence-electron chi connectivity index (χ1n) is 8.22. The monoisotopic (exact) mass is 388 g/mol. The van der Waals surface area contributed by atoms with Crippen molar-refractivity contribution in [2.45, 2.75) is 64.0 Å². The summed E-state index contributed by atoms with van der Waals surface area (Å²) in [5.74, 6) is -2.58. The zero-order valence-electron chi connectivity index (χ0n) is 14.5. The molecule has 25 heavy (non-hydrogen) atoms. The number of hydrogen-bond acceptors (Lipinski definition) is 6.